The summed E-state index contributed by atoms with van der Waals surface area (Å²) < 4.78 is 5.57. The Labute approximate surface area is 263 Å². The number of anilines is 1. The highest BCUT2D eigenvalue weighted by atomic mass is 16.6. The van der Waals surface area contributed by atoms with Gasteiger partial charge >= 0.3 is 6.09 Å². The molecule has 2 N–H and O–H groups in total. The van der Waals surface area contributed by atoms with Crippen molar-refractivity contribution in [3.63, 3.8) is 0 Å². The summed E-state index contributed by atoms with van der Waals surface area (Å²) in [6.45, 7) is 13.8. The molecule has 44 heavy (non-hydrogen) atoms. The number of carbonyl (C=O) groups excluding carboxylic acids is 3. The lowest BCUT2D eigenvalue weighted by atomic mass is 9.95. The van der Waals surface area contributed by atoms with Gasteiger partial charge in [0, 0.05) is 18.7 Å². The molecule has 2 unspecified atom stereocenters. The molecule has 7 heteroatoms. The van der Waals surface area contributed by atoms with Crippen molar-refractivity contribution in [1.29, 1.82) is 0 Å². The molecule has 0 saturated carbocycles. The lowest BCUT2D eigenvalue weighted by Crippen LogP contribution is -2.53. The maximum absolute atomic E-state index is 14.7. The molecule has 0 spiro atoms. The van der Waals surface area contributed by atoms with Crippen molar-refractivity contribution in [3.05, 3.63) is 101 Å². The van der Waals surface area contributed by atoms with Gasteiger partial charge in [0.1, 0.15) is 17.7 Å². The Hall–Kier alpha value is -4.13. The standard InChI is InChI=1S/C37H49N3O4/c1-8-9-10-16-23-40(35(42)32(25-29-18-12-11-13-19-29)39-36(43)44-37(5,6)7)33(30-22-21-26(2)24-28(30)4)34(41)38-31-20-15-14-17-27(31)3/h11-15,17-22,24,32-33H,8-10,16,23,25H2,1-7H3,(H,38,41)(H,39,43). The highest BCUT2D eigenvalue weighted by Crippen LogP contribution is 2.29. The minimum atomic E-state index is -0.946. The first-order valence-electron chi connectivity index (χ1n) is 15.7. The Bertz CT molecular complexity index is 1400. The topological polar surface area (TPSA) is 87.7 Å². The molecule has 3 aromatic rings. The number of rotatable bonds is 13. The number of carbonyl (C=O) groups is 3. The van der Waals surface area contributed by atoms with E-state index in [0.29, 0.717) is 12.2 Å². The molecule has 0 radical (unpaired) electrons. The lowest BCUT2D eigenvalue weighted by molar-refractivity contribution is -0.140. The van der Waals surface area contributed by atoms with Crippen molar-refractivity contribution in [2.45, 2.75) is 98.3 Å². The summed E-state index contributed by atoms with van der Waals surface area (Å²) >= 11 is 0. The van der Waals surface area contributed by atoms with Crippen molar-refractivity contribution in [2.24, 2.45) is 0 Å². The average molecular weight is 600 g/mol. The summed E-state index contributed by atoms with van der Waals surface area (Å²) in [5.41, 5.74) is 4.51. The number of para-hydroxylation sites is 1. The van der Waals surface area contributed by atoms with Crippen molar-refractivity contribution in [2.75, 3.05) is 11.9 Å². The average Bonchev–Trinajstić information content (AvgIpc) is 2.95. The van der Waals surface area contributed by atoms with Gasteiger partial charge in [0.15, 0.2) is 0 Å². The largest absolute Gasteiger partial charge is 0.444 e. The summed E-state index contributed by atoms with van der Waals surface area (Å²) in [6, 6.07) is 21.3. The third-order valence-corrected chi connectivity index (χ3v) is 7.49. The van der Waals surface area contributed by atoms with E-state index >= 15 is 0 Å². The molecule has 0 heterocycles. The van der Waals surface area contributed by atoms with Crippen LogP contribution >= 0.6 is 0 Å². The molecule has 3 amide bonds. The molecule has 3 aromatic carbocycles. The normalized spacial score (nSPS) is 12.6. The van der Waals surface area contributed by atoms with Gasteiger partial charge in [-0.2, -0.15) is 0 Å². The number of aryl methyl sites for hydroxylation is 3. The molecule has 0 aromatic heterocycles. The van der Waals surface area contributed by atoms with Crippen LogP contribution in [0.15, 0.2) is 72.8 Å². The highest BCUT2D eigenvalue weighted by molar-refractivity contribution is 5.99. The van der Waals surface area contributed by atoms with Crippen molar-refractivity contribution >= 4 is 23.6 Å². The molecule has 2 atom stereocenters. The second kappa shape index (κ2) is 16.1. The Morgan fingerprint density at radius 2 is 1.52 bits per heavy atom. The molecular formula is C37H49N3O4. The van der Waals surface area contributed by atoms with E-state index in [-0.39, 0.29) is 18.2 Å². The van der Waals surface area contributed by atoms with E-state index in [0.717, 1.165) is 53.5 Å². The monoisotopic (exact) mass is 599 g/mol. The zero-order valence-corrected chi connectivity index (χ0v) is 27.4. The van der Waals surface area contributed by atoms with E-state index < -0.39 is 23.8 Å². The third kappa shape index (κ3) is 10.2. The number of amides is 3. The molecule has 0 bridgehead atoms. The Kier molecular flexibility index (Phi) is 12.6. The summed E-state index contributed by atoms with van der Waals surface area (Å²) in [5.74, 6) is -0.632. The van der Waals surface area contributed by atoms with E-state index in [4.69, 9.17) is 4.74 Å². The summed E-state index contributed by atoms with van der Waals surface area (Å²) in [7, 11) is 0. The molecule has 0 aliphatic carbocycles. The smallest absolute Gasteiger partial charge is 0.408 e. The SMILES string of the molecule is CCCCCCN(C(=O)C(Cc1ccccc1)NC(=O)OC(C)(C)C)C(C(=O)Nc1ccccc1C)c1ccc(C)cc1C. The first-order valence-corrected chi connectivity index (χ1v) is 15.7. The van der Waals surface area contributed by atoms with Crippen LogP contribution in [0.25, 0.3) is 0 Å². The number of ether oxygens (including phenoxy) is 1. The fourth-order valence-corrected chi connectivity index (χ4v) is 5.27. The molecule has 0 fully saturated rings. The number of unbranched alkanes of at least 4 members (excludes halogenated alkanes) is 3. The summed E-state index contributed by atoms with van der Waals surface area (Å²) in [6.07, 6.45) is 3.29. The van der Waals surface area contributed by atoms with Gasteiger partial charge in [-0.25, -0.2) is 4.79 Å². The quantitative estimate of drug-likeness (QED) is 0.196. The summed E-state index contributed by atoms with van der Waals surface area (Å²) in [4.78, 5) is 43.7. The molecule has 236 valence electrons. The van der Waals surface area contributed by atoms with Gasteiger partial charge < -0.3 is 20.3 Å². The van der Waals surface area contributed by atoms with Gasteiger partial charge in [-0.1, -0.05) is 98.5 Å². The van der Waals surface area contributed by atoms with Crippen LogP contribution in [0.1, 0.15) is 87.2 Å². The van der Waals surface area contributed by atoms with Gasteiger partial charge in [-0.15, -0.1) is 0 Å². The van der Waals surface area contributed by atoms with Crippen LogP contribution in [0.5, 0.6) is 0 Å². The van der Waals surface area contributed by atoms with Crippen LogP contribution in [-0.4, -0.2) is 41.0 Å². The first kappa shape index (κ1) is 34.4. The van der Waals surface area contributed by atoms with E-state index in [1.807, 2.05) is 93.6 Å². The van der Waals surface area contributed by atoms with Crippen molar-refractivity contribution in [3.8, 4) is 0 Å². The number of hydrogen-bond donors (Lipinski definition) is 2. The Balaban J connectivity index is 2.10. The van der Waals surface area contributed by atoms with Gasteiger partial charge in [0.05, 0.1) is 0 Å². The Morgan fingerprint density at radius 3 is 2.16 bits per heavy atom. The van der Waals surface area contributed by atoms with Crippen LogP contribution in [0, 0.1) is 20.8 Å². The minimum Gasteiger partial charge on any atom is -0.444 e. The fraction of sp³-hybridized carbons (Fsp3) is 0.432. The minimum absolute atomic E-state index is 0.253. The maximum atomic E-state index is 14.7. The maximum Gasteiger partial charge on any atom is 0.408 e. The molecule has 3 rings (SSSR count). The third-order valence-electron chi connectivity index (χ3n) is 7.49. The van der Waals surface area contributed by atoms with E-state index in [2.05, 4.69) is 17.6 Å². The molecule has 0 saturated heterocycles. The zero-order chi connectivity index (χ0) is 32.3. The predicted octanol–water partition coefficient (Wildman–Crippen LogP) is 7.84. The van der Waals surface area contributed by atoms with Crippen molar-refractivity contribution in [1.82, 2.24) is 10.2 Å². The fourth-order valence-electron chi connectivity index (χ4n) is 5.27. The highest BCUT2D eigenvalue weighted by Gasteiger charge is 2.37. The number of nitrogens with zero attached hydrogens (tertiary/aromatic N) is 1. The van der Waals surface area contributed by atoms with Crippen LogP contribution in [-0.2, 0) is 20.7 Å². The van der Waals surface area contributed by atoms with Gasteiger partial charge in [-0.05, 0) is 76.3 Å². The second-order valence-corrected chi connectivity index (χ2v) is 12.5. The van der Waals surface area contributed by atoms with Gasteiger partial charge in [-0.3, -0.25) is 9.59 Å². The number of benzene rings is 3. The molecule has 7 nitrogen and oxygen atoms in total. The van der Waals surface area contributed by atoms with Gasteiger partial charge in [0.2, 0.25) is 5.91 Å². The van der Waals surface area contributed by atoms with E-state index in [1.165, 1.54) is 0 Å². The molecular weight excluding hydrogens is 550 g/mol. The van der Waals surface area contributed by atoms with Crippen molar-refractivity contribution < 1.29 is 19.1 Å². The van der Waals surface area contributed by atoms with Crippen LogP contribution < -0.4 is 10.6 Å². The van der Waals surface area contributed by atoms with E-state index in [9.17, 15) is 14.4 Å². The van der Waals surface area contributed by atoms with Gasteiger partial charge in [0.25, 0.3) is 5.91 Å². The van der Waals surface area contributed by atoms with Crippen LogP contribution in [0.3, 0.4) is 0 Å². The number of alkyl carbamates (subject to hydrolysis) is 1. The van der Waals surface area contributed by atoms with Crippen LogP contribution in [0.4, 0.5) is 10.5 Å². The summed E-state index contributed by atoms with van der Waals surface area (Å²) in [5, 5.41) is 5.95. The number of hydrogen-bond acceptors (Lipinski definition) is 4. The lowest BCUT2D eigenvalue weighted by Gasteiger charge is -2.35. The van der Waals surface area contributed by atoms with E-state index in [1.54, 1.807) is 25.7 Å². The Morgan fingerprint density at radius 1 is 0.841 bits per heavy atom. The molecule has 0 aliphatic rings. The first-order chi connectivity index (χ1) is 20.9. The number of nitrogens with one attached hydrogen (secondary N) is 2. The van der Waals surface area contributed by atoms with Crippen LogP contribution in [0.2, 0.25) is 0 Å². The zero-order valence-electron chi connectivity index (χ0n) is 27.4. The molecule has 0 aliphatic heterocycles. The second-order valence-electron chi connectivity index (χ2n) is 12.5. The predicted molar refractivity (Wildman–Crippen MR) is 178 cm³/mol.